The van der Waals surface area contributed by atoms with Crippen molar-refractivity contribution < 1.29 is 9.53 Å². The van der Waals surface area contributed by atoms with E-state index in [4.69, 9.17) is 4.74 Å². The molecule has 5 rings (SSSR count). The quantitative estimate of drug-likeness (QED) is 0.313. The monoisotopic (exact) mass is 480 g/mol. The van der Waals surface area contributed by atoms with Gasteiger partial charge in [-0.15, -0.1) is 0 Å². The van der Waals surface area contributed by atoms with Gasteiger partial charge < -0.3 is 15.5 Å². The first-order valence-corrected chi connectivity index (χ1v) is 9.93. The van der Waals surface area contributed by atoms with Crippen LogP contribution in [0.15, 0.2) is 61.2 Å². The summed E-state index contributed by atoms with van der Waals surface area (Å²) in [5.74, 6) is 0.352. The van der Waals surface area contributed by atoms with E-state index in [0.29, 0.717) is 17.0 Å². The number of carbonyl (C=O) groups excluding carboxylic acids is 1. The van der Waals surface area contributed by atoms with Gasteiger partial charge in [0.25, 0.3) is 0 Å². The Bertz CT molecular complexity index is 1210. The van der Waals surface area contributed by atoms with E-state index in [1.54, 1.807) is 6.33 Å². The Hall–Kier alpha value is -3.78. The highest BCUT2D eigenvalue weighted by molar-refractivity contribution is 5.93. The maximum atomic E-state index is 12.5. The summed E-state index contributed by atoms with van der Waals surface area (Å²) < 4.78 is 7.53. The fourth-order valence-electron chi connectivity index (χ4n) is 4.05. The van der Waals surface area contributed by atoms with Crippen molar-refractivity contribution in [1.29, 1.82) is 0 Å². The average molecular weight is 481 g/mol. The van der Waals surface area contributed by atoms with Crippen molar-refractivity contribution in [1.82, 2.24) is 25.7 Å². The van der Waals surface area contributed by atoms with Gasteiger partial charge in [0.05, 0.1) is 6.33 Å². The van der Waals surface area contributed by atoms with Crippen molar-refractivity contribution in [2.24, 2.45) is 0 Å². The molecule has 0 fully saturated rings. The van der Waals surface area contributed by atoms with Crippen LogP contribution in [0.5, 0.6) is 0 Å². The van der Waals surface area contributed by atoms with Crippen LogP contribution < -0.4 is 11.5 Å². The average Bonchev–Trinajstić information content (AvgIpc) is 3.33. The molecule has 0 saturated heterocycles. The van der Waals surface area contributed by atoms with Crippen molar-refractivity contribution in [3.05, 3.63) is 72.3 Å². The van der Waals surface area contributed by atoms with Gasteiger partial charge in [-0.05, 0) is 36.1 Å². The zero-order valence-corrected chi connectivity index (χ0v) is 17.4. The molecule has 4 N–H and O–H groups in total. The summed E-state index contributed by atoms with van der Waals surface area (Å²) in [5, 5.41) is 2.72. The highest BCUT2D eigenvalue weighted by atomic mass is 16.5. The number of rotatable bonds is 4. The summed E-state index contributed by atoms with van der Waals surface area (Å²) in [5.41, 5.74) is 5.95. The van der Waals surface area contributed by atoms with Crippen LogP contribution in [-0.4, -0.2) is 32.2 Å². The summed E-state index contributed by atoms with van der Waals surface area (Å²) in [6, 6.07) is 16.7. The normalized spacial score (nSPS) is 10.9. The number of aromatic nitrogens is 4. The highest BCUT2D eigenvalue weighted by Crippen LogP contribution is 2.44. The Morgan fingerprint density at radius 1 is 0.943 bits per heavy atom. The zero-order chi connectivity index (χ0) is 20.7. The first-order valence-electron chi connectivity index (χ1n) is 9.93. The van der Waals surface area contributed by atoms with Crippen LogP contribution in [-0.2, 0) is 4.74 Å². The summed E-state index contributed by atoms with van der Waals surface area (Å²) in [4.78, 5) is 25.4. The lowest BCUT2D eigenvalue weighted by atomic mass is 9.98. The fourth-order valence-corrected chi connectivity index (χ4v) is 4.05. The van der Waals surface area contributed by atoms with E-state index >= 15 is 0 Å². The van der Waals surface area contributed by atoms with Gasteiger partial charge >= 0.3 is 6.09 Å². The number of nitrogens with one attached hydrogen (secondary N) is 1. The molecule has 1 amide bonds. The Morgan fingerprint density at radius 2 is 1.51 bits per heavy atom. The van der Waals surface area contributed by atoms with Crippen molar-refractivity contribution in [2.75, 3.05) is 11.9 Å². The van der Waals surface area contributed by atoms with Crippen molar-refractivity contribution in [3.63, 3.8) is 0 Å². The third kappa shape index (κ3) is 5.49. The van der Waals surface area contributed by atoms with Crippen LogP contribution >= 0.6 is 0 Å². The molecular formula is C27H40N6O2. The SMILES string of the molecule is C.C.C.C.CC(C)n1cnc2c(NC(=O)OCC3c4ccccc4-c4ccccc43)ncnc21.N. The van der Waals surface area contributed by atoms with Crippen LogP contribution in [0.1, 0.15) is 66.6 Å². The number of anilines is 1. The van der Waals surface area contributed by atoms with Crippen LogP contribution in [0.2, 0.25) is 0 Å². The Kier molecular flexibility index (Phi) is 11.3. The second kappa shape index (κ2) is 12.6. The number of imidazole rings is 1. The largest absolute Gasteiger partial charge is 0.448 e. The van der Waals surface area contributed by atoms with E-state index in [-0.39, 0.29) is 54.4 Å². The third-order valence-corrected chi connectivity index (χ3v) is 5.48. The molecule has 190 valence electrons. The Balaban J connectivity index is 0.00000231. The number of hydrogen-bond donors (Lipinski definition) is 2. The number of benzene rings is 2. The molecule has 0 atom stereocenters. The molecule has 2 heterocycles. The first kappa shape index (κ1) is 31.2. The summed E-state index contributed by atoms with van der Waals surface area (Å²) >= 11 is 0. The summed E-state index contributed by atoms with van der Waals surface area (Å²) in [7, 11) is 0. The van der Waals surface area contributed by atoms with E-state index in [2.05, 4.69) is 44.5 Å². The molecule has 1 aliphatic carbocycles. The lowest BCUT2D eigenvalue weighted by molar-refractivity contribution is 0.158. The molecule has 8 nitrogen and oxygen atoms in total. The zero-order valence-electron chi connectivity index (χ0n) is 17.4. The summed E-state index contributed by atoms with van der Waals surface area (Å²) in [6.07, 6.45) is 2.56. The molecule has 1 aliphatic rings. The van der Waals surface area contributed by atoms with E-state index < -0.39 is 6.09 Å². The molecule has 4 aromatic rings. The van der Waals surface area contributed by atoms with E-state index in [1.807, 2.05) is 42.7 Å². The van der Waals surface area contributed by atoms with Crippen LogP contribution in [0, 0.1) is 0 Å². The van der Waals surface area contributed by atoms with Gasteiger partial charge in [-0.1, -0.05) is 78.2 Å². The van der Waals surface area contributed by atoms with E-state index in [1.165, 1.54) is 28.6 Å². The van der Waals surface area contributed by atoms with Gasteiger partial charge in [-0.25, -0.2) is 19.7 Å². The van der Waals surface area contributed by atoms with Crippen molar-refractivity contribution in [2.45, 2.75) is 55.5 Å². The van der Waals surface area contributed by atoms with Gasteiger partial charge in [-0.3, -0.25) is 5.32 Å². The minimum atomic E-state index is -0.559. The summed E-state index contributed by atoms with van der Waals surface area (Å²) in [6.45, 7) is 4.33. The standard InChI is InChI=1S/C23H21N5O2.4CH4.H3N/c1-14(2)28-13-26-20-21(24-12-25-22(20)28)27-23(29)30-11-19-17-9-5-3-7-15(17)16-8-4-6-10-18(16)19;;;;;/h3-10,12-14,19H,11H2,1-2H3,(H,24,25,27,29);4*1H4;1H3. The maximum Gasteiger partial charge on any atom is 0.412 e. The van der Waals surface area contributed by atoms with E-state index in [0.717, 1.165) is 0 Å². The van der Waals surface area contributed by atoms with Gasteiger partial charge in [0.1, 0.15) is 12.9 Å². The lowest BCUT2D eigenvalue weighted by Crippen LogP contribution is -2.18. The number of nitrogens with zero attached hydrogens (tertiary/aromatic N) is 4. The number of carbonyl (C=O) groups is 1. The number of fused-ring (bicyclic) bond motifs is 4. The van der Waals surface area contributed by atoms with Crippen LogP contribution in [0.4, 0.5) is 10.6 Å². The second-order valence-corrected chi connectivity index (χ2v) is 7.59. The van der Waals surface area contributed by atoms with Crippen LogP contribution in [0.3, 0.4) is 0 Å². The van der Waals surface area contributed by atoms with Crippen molar-refractivity contribution >= 4 is 23.1 Å². The second-order valence-electron chi connectivity index (χ2n) is 7.59. The van der Waals surface area contributed by atoms with Crippen molar-refractivity contribution in [3.8, 4) is 11.1 Å². The van der Waals surface area contributed by atoms with Crippen LogP contribution in [0.25, 0.3) is 22.3 Å². The van der Waals surface area contributed by atoms with Gasteiger partial charge in [0.2, 0.25) is 0 Å². The molecular weight excluding hydrogens is 440 g/mol. The Morgan fingerprint density at radius 3 is 2.09 bits per heavy atom. The third-order valence-electron chi connectivity index (χ3n) is 5.48. The topological polar surface area (TPSA) is 117 Å². The molecule has 0 bridgehead atoms. The Labute approximate surface area is 209 Å². The smallest absolute Gasteiger partial charge is 0.412 e. The maximum absolute atomic E-state index is 12.5. The highest BCUT2D eigenvalue weighted by Gasteiger charge is 2.29. The van der Waals surface area contributed by atoms with Gasteiger partial charge in [0.15, 0.2) is 17.0 Å². The molecule has 0 spiro atoms. The molecule has 0 unspecified atom stereocenters. The molecule has 2 aromatic heterocycles. The van der Waals surface area contributed by atoms with Gasteiger partial charge in [-0.2, -0.15) is 0 Å². The molecule has 0 radical (unpaired) electrons. The molecule has 0 aliphatic heterocycles. The predicted octanol–water partition coefficient (Wildman–Crippen LogP) is 7.47. The molecule has 8 heteroatoms. The van der Waals surface area contributed by atoms with E-state index in [9.17, 15) is 4.79 Å². The van der Waals surface area contributed by atoms with Gasteiger partial charge in [0, 0.05) is 12.0 Å². The molecule has 0 saturated carbocycles. The minimum absolute atomic E-state index is 0. The number of amides is 1. The number of ether oxygens (including phenoxy) is 1. The molecule has 2 aromatic carbocycles. The minimum Gasteiger partial charge on any atom is -0.448 e. The first-order chi connectivity index (χ1) is 14.6. The lowest BCUT2D eigenvalue weighted by Gasteiger charge is -2.14. The molecule has 35 heavy (non-hydrogen) atoms. The fraction of sp³-hybridized carbons (Fsp3) is 0.333. The predicted molar refractivity (Wildman–Crippen MR) is 146 cm³/mol. The number of hydrogen-bond acceptors (Lipinski definition) is 6.